The Morgan fingerprint density at radius 1 is 1.47 bits per heavy atom. The van der Waals surface area contributed by atoms with Gasteiger partial charge >= 0.3 is 5.97 Å². The Morgan fingerprint density at radius 2 is 2.24 bits per heavy atom. The fraction of sp³-hybridized carbons (Fsp3) is 0.923. The number of esters is 1. The smallest absolute Gasteiger partial charge is 0.308 e. The van der Waals surface area contributed by atoms with Crippen molar-refractivity contribution >= 4 is 28.6 Å². The Balaban J connectivity index is 2.47. The van der Waals surface area contributed by atoms with Gasteiger partial charge in [0, 0.05) is 3.92 Å². The number of hydrogen-bond acceptors (Lipinski definition) is 3. The van der Waals surface area contributed by atoms with Gasteiger partial charge in [-0.3, -0.25) is 4.79 Å². The summed E-state index contributed by atoms with van der Waals surface area (Å²) in [5, 5.41) is 0. The molecule has 0 aliphatic carbocycles. The summed E-state index contributed by atoms with van der Waals surface area (Å²) in [6.45, 7) is 2.20. The molecule has 0 aromatic carbocycles. The number of unbranched alkanes of at least 4 members (excludes halogenated alkanes) is 1. The zero-order valence-corrected chi connectivity index (χ0v) is 12.9. The lowest BCUT2D eigenvalue weighted by Gasteiger charge is -2.24. The third kappa shape index (κ3) is 5.55. The van der Waals surface area contributed by atoms with Gasteiger partial charge in [0.25, 0.3) is 0 Å². The summed E-state index contributed by atoms with van der Waals surface area (Å²) in [5.74, 6) is -0.156. The molecule has 0 N–H and O–H groups in total. The summed E-state index contributed by atoms with van der Waals surface area (Å²) in [6, 6.07) is 0. The first-order valence-corrected chi connectivity index (χ1v) is 7.78. The van der Waals surface area contributed by atoms with E-state index in [-0.39, 0.29) is 12.1 Å². The van der Waals surface area contributed by atoms with Crippen molar-refractivity contribution in [1.82, 2.24) is 0 Å². The van der Waals surface area contributed by atoms with Gasteiger partial charge in [0.05, 0.1) is 25.7 Å². The highest BCUT2D eigenvalue weighted by molar-refractivity contribution is 14.1. The van der Waals surface area contributed by atoms with Crippen LogP contribution in [0.2, 0.25) is 0 Å². The summed E-state index contributed by atoms with van der Waals surface area (Å²) in [4.78, 5) is 11.3. The molecule has 17 heavy (non-hydrogen) atoms. The van der Waals surface area contributed by atoms with E-state index < -0.39 is 0 Å². The minimum Gasteiger partial charge on any atom is -0.469 e. The first-order chi connectivity index (χ1) is 8.17. The Kier molecular flexibility index (Phi) is 7.43. The Hall–Kier alpha value is 0.160. The van der Waals surface area contributed by atoms with E-state index in [9.17, 15) is 4.79 Å². The predicted molar refractivity (Wildman–Crippen MR) is 76.5 cm³/mol. The van der Waals surface area contributed by atoms with Crippen LogP contribution in [0.1, 0.15) is 51.9 Å². The molecule has 1 heterocycles. The molecule has 3 unspecified atom stereocenters. The Labute approximate surface area is 118 Å². The molecule has 0 aromatic heterocycles. The normalized spacial score (nSPS) is 29.7. The SMILES string of the molecule is CCCCC1OC(CC(=O)OC)CCCC1I. The molecule has 0 saturated carbocycles. The average Bonchev–Trinajstić information content (AvgIpc) is 2.49. The number of hydrogen-bond donors (Lipinski definition) is 0. The van der Waals surface area contributed by atoms with Crippen LogP contribution in [-0.4, -0.2) is 29.2 Å². The van der Waals surface area contributed by atoms with Crippen molar-refractivity contribution in [2.24, 2.45) is 0 Å². The highest BCUT2D eigenvalue weighted by Crippen LogP contribution is 2.29. The maximum atomic E-state index is 11.3. The van der Waals surface area contributed by atoms with Gasteiger partial charge in [-0.15, -0.1) is 0 Å². The number of alkyl halides is 1. The molecule has 3 nitrogen and oxygen atoms in total. The quantitative estimate of drug-likeness (QED) is 0.431. The third-order valence-electron chi connectivity index (χ3n) is 3.24. The van der Waals surface area contributed by atoms with Crippen molar-refractivity contribution < 1.29 is 14.3 Å². The maximum absolute atomic E-state index is 11.3. The second-order valence-corrected chi connectivity index (χ2v) is 6.27. The Bertz CT molecular complexity index is 233. The monoisotopic (exact) mass is 354 g/mol. The van der Waals surface area contributed by atoms with Gasteiger partial charge in [-0.1, -0.05) is 42.4 Å². The number of rotatable bonds is 5. The lowest BCUT2D eigenvalue weighted by Crippen LogP contribution is -2.28. The molecule has 0 aromatic rings. The number of halogens is 1. The topological polar surface area (TPSA) is 35.5 Å². The molecule has 1 rings (SSSR count). The van der Waals surface area contributed by atoms with E-state index in [2.05, 4.69) is 29.5 Å². The van der Waals surface area contributed by atoms with Crippen LogP contribution in [0.25, 0.3) is 0 Å². The fourth-order valence-electron chi connectivity index (χ4n) is 2.20. The van der Waals surface area contributed by atoms with E-state index in [1.54, 1.807) is 0 Å². The molecule has 4 heteroatoms. The highest BCUT2D eigenvalue weighted by atomic mass is 127. The van der Waals surface area contributed by atoms with Gasteiger partial charge in [0.1, 0.15) is 0 Å². The van der Waals surface area contributed by atoms with Crippen molar-refractivity contribution in [3.8, 4) is 0 Å². The van der Waals surface area contributed by atoms with Crippen LogP contribution in [0.5, 0.6) is 0 Å². The zero-order chi connectivity index (χ0) is 12.7. The van der Waals surface area contributed by atoms with Crippen LogP contribution in [0.15, 0.2) is 0 Å². The van der Waals surface area contributed by atoms with E-state index in [0.717, 1.165) is 19.3 Å². The van der Waals surface area contributed by atoms with E-state index in [1.165, 1.54) is 26.4 Å². The minimum atomic E-state index is -0.156. The van der Waals surface area contributed by atoms with Crippen LogP contribution in [-0.2, 0) is 14.3 Å². The summed E-state index contributed by atoms with van der Waals surface area (Å²) < 4.78 is 11.4. The van der Waals surface area contributed by atoms with Gasteiger partial charge in [-0.2, -0.15) is 0 Å². The lowest BCUT2D eigenvalue weighted by atomic mass is 10.1. The van der Waals surface area contributed by atoms with Gasteiger partial charge in [-0.05, 0) is 25.7 Å². The largest absolute Gasteiger partial charge is 0.469 e. The molecule has 0 radical (unpaired) electrons. The van der Waals surface area contributed by atoms with Crippen molar-refractivity contribution in [2.75, 3.05) is 7.11 Å². The number of ether oxygens (including phenoxy) is 2. The molecular weight excluding hydrogens is 331 g/mol. The highest BCUT2D eigenvalue weighted by Gasteiger charge is 2.28. The van der Waals surface area contributed by atoms with E-state index in [1.807, 2.05) is 0 Å². The molecule has 100 valence electrons. The molecule has 0 bridgehead atoms. The lowest BCUT2D eigenvalue weighted by molar-refractivity contribution is -0.144. The maximum Gasteiger partial charge on any atom is 0.308 e. The van der Waals surface area contributed by atoms with Crippen molar-refractivity contribution in [2.45, 2.75) is 68.0 Å². The Morgan fingerprint density at radius 3 is 2.88 bits per heavy atom. The van der Waals surface area contributed by atoms with Crippen molar-refractivity contribution in [3.63, 3.8) is 0 Å². The van der Waals surface area contributed by atoms with Crippen LogP contribution >= 0.6 is 22.6 Å². The predicted octanol–water partition coefficient (Wildman–Crippen LogP) is 3.48. The van der Waals surface area contributed by atoms with Crippen molar-refractivity contribution in [1.29, 1.82) is 0 Å². The molecule has 1 fully saturated rings. The standard InChI is InChI=1S/C13H23IO3/c1-3-4-8-12-11(14)7-5-6-10(17-12)9-13(15)16-2/h10-12H,3-9H2,1-2H3. The molecule has 1 aliphatic heterocycles. The van der Waals surface area contributed by atoms with Crippen LogP contribution < -0.4 is 0 Å². The van der Waals surface area contributed by atoms with E-state index in [0.29, 0.717) is 16.4 Å². The van der Waals surface area contributed by atoms with Gasteiger partial charge in [-0.25, -0.2) is 0 Å². The fourth-order valence-corrected chi connectivity index (χ4v) is 3.17. The molecule has 1 aliphatic rings. The summed E-state index contributed by atoms with van der Waals surface area (Å²) in [5.41, 5.74) is 0. The molecule has 0 amide bonds. The summed E-state index contributed by atoms with van der Waals surface area (Å²) in [6.07, 6.45) is 7.63. The van der Waals surface area contributed by atoms with Gasteiger partial charge in [0.15, 0.2) is 0 Å². The average molecular weight is 354 g/mol. The molecule has 1 saturated heterocycles. The first kappa shape index (κ1) is 15.2. The first-order valence-electron chi connectivity index (χ1n) is 6.53. The minimum absolute atomic E-state index is 0.0593. The molecule has 3 atom stereocenters. The number of carbonyl (C=O) groups excluding carboxylic acids is 1. The van der Waals surface area contributed by atoms with Crippen LogP contribution in [0.4, 0.5) is 0 Å². The van der Waals surface area contributed by atoms with Gasteiger partial charge in [0.2, 0.25) is 0 Å². The number of methoxy groups -OCH3 is 1. The van der Waals surface area contributed by atoms with Crippen LogP contribution in [0.3, 0.4) is 0 Å². The zero-order valence-electron chi connectivity index (χ0n) is 10.8. The van der Waals surface area contributed by atoms with E-state index in [4.69, 9.17) is 9.47 Å². The third-order valence-corrected chi connectivity index (χ3v) is 4.67. The second kappa shape index (κ2) is 8.29. The van der Waals surface area contributed by atoms with Gasteiger partial charge < -0.3 is 9.47 Å². The number of carbonyl (C=O) groups is 1. The molecule has 0 spiro atoms. The van der Waals surface area contributed by atoms with Crippen molar-refractivity contribution in [3.05, 3.63) is 0 Å². The van der Waals surface area contributed by atoms with Crippen LogP contribution in [0, 0.1) is 0 Å². The summed E-state index contributed by atoms with van der Waals surface area (Å²) >= 11 is 2.50. The van der Waals surface area contributed by atoms with E-state index >= 15 is 0 Å². The second-order valence-electron chi connectivity index (χ2n) is 4.67. The summed E-state index contributed by atoms with van der Waals surface area (Å²) in [7, 11) is 1.44. The molecular formula is C13H23IO3.